The van der Waals surface area contributed by atoms with Gasteiger partial charge < -0.3 is 0 Å². The number of benzene rings is 1. The first kappa shape index (κ1) is 8.66. The number of nitrogens with zero attached hydrogens (tertiary/aromatic N) is 1. The maximum absolute atomic E-state index is 12.6. The lowest BCUT2D eigenvalue weighted by atomic mass is 10.1. The smallest absolute Gasteiger partial charge is 0.123 e. The van der Waals surface area contributed by atoms with Crippen molar-refractivity contribution in [2.24, 2.45) is 0 Å². The SMILES string of the molecule is Fc1ccc(-c2nscc2Cl)cc1. The molecule has 1 aromatic heterocycles. The molecule has 0 atom stereocenters. The van der Waals surface area contributed by atoms with E-state index in [2.05, 4.69) is 4.37 Å². The lowest BCUT2D eigenvalue weighted by Gasteiger charge is -1.96. The van der Waals surface area contributed by atoms with E-state index in [1.54, 1.807) is 17.5 Å². The molecule has 0 amide bonds. The number of hydrogen-bond donors (Lipinski definition) is 0. The highest BCUT2D eigenvalue weighted by Gasteiger charge is 2.05. The standard InChI is InChI=1S/C9H5ClFNS/c10-8-5-13-12-9(8)6-1-3-7(11)4-2-6/h1-5H. The van der Waals surface area contributed by atoms with Gasteiger partial charge in [-0.15, -0.1) is 0 Å². The third-order valence-electron chi connectivity index (χ3n) is 1.64. The Hall–Kier alpha value is -0.930. The monoisotopic (exact) mass is 213 g/mol. The zero-order valence-electron chi connectivity index (χ0n) is 6.50. The van der Waals surface area contributed by atoms with Crippen molar-refractivity contribution in [3.05, 3.63) is 40.5 Å². The molecule has 13 heavy (non-hydrogen) atoms. The minimum atomic E-state index is -0.255. The predicted octanol–water partition coefficient (Wildman–Crippen LogP) is 3.60. The lowest BCUT2D eigenvalue weighted by Crippen LogP contribution is -1.78. The molecule has 2 aromatic rings. The Bertz CT molecular complexity index is 410. The van der Waals surface area contributed by atoms with Crippen molar-refractivity contribution in [1.82, 2.24) is 4.37 Å². The molecule has 0 saturated carbocycles. The van der Waals surface area contributed by atoms with Crippen molar-refractivity contribution in [2.75, 3.05) is 0 Å². The van der Waals surface area contributed by atoms with Gasteiger partial charge in [-0.05, 0) is 35.8 Å². The van der Waals surface area contributed by atoms with Crippen molar-refractivity contribution in [3.8, 4) is 11.3 Å². The van der Waals surface area contributed by atoms with Gasteiger partial charge in [0, 0.05) is 10.9 Å². The van der Waals surface area contributed by atoms with Crippen LogP contribution in [-0.4, -0.2) is 4.37 Å². The molecule has 0 spiro atoms. The zero-order chi connectivity index (χ0) is 9.26. The maximum atomic E-state index is 12.6. The first-order valence-electron chi connectivity index (χ1n) is 3.63. The van der Waals surface area contributed by atoms with E-state index in [0.29, 0.717) is 10.7 Å². The fourth-order valence-electron chi connectivity index (χ4n) is 1.02. The van der Waals surface area contributed by atoms with Gasteiger partial charge in [0.05, 0.1) is 5.02 Å². The van der Waals surface area contributed by atoms with Gasteiger partial charge in [0.2, 0.25) is 0 Å². The fourth-order valence-corrected chi connectivity index (χ4v) is 1.91. The summed E-state index contributed by atoms with van der Waals surface area (Å²) in [5.74, 6) is -0.255. The van der Waals surface area contributed by atoms with Gasteiger partial charge in [-0.1, -0.05) is 11.6 Å². The molecule has 0 radical (unpaired) electrons. The number of halogens is 2. The second kappa shape index (κ2) is 3.44. The lowest BCUT2D eigenvalue weighted by molar-refractivity contribution is 0.628. The molecule has 0 bridgehead atoms. The summed E-state index contributed by atoms with van der Waals surface area (Å²) in [6.07, 6.45) is 0. The Morgan fingerprint density at radius 1 is 1.23 bits per heavy atom. The Labute approximate surface area is 84.0 Å². The number of aromatic nitrogens is 1. The summed E-state index contributed by atoms with van der Waals surface area (Å²) in [5.41, 5.74) is 1.55. The van der Waals surface area contributed by atoms with Gasteiger partial charge in [0.15, 0.2) is 0 Å². The second-order valence-corrected chi connectivity index (χ2v) is 3.55. The molecule has 0 fully saturated rings. The molecule has 0 saturated heterocycles. The average molecular weight is 214 g/mol. The van der Waals surface area contributed by atoms with Crippen molar-refractivity contribution in [1.29, 1.82) is 0 Å². The van der Waals surface area contributed by atoms with Crippen molar-refractivity contribution in [3.63, 3.8) is 0 Å². The van der Waals surface area contributed by atoms with E-state index in [0.717, 1.165) is 5.56 Å². The third kappa shape index (κ3) is 1.71. The van der Waals surface area contributed by atoms with E-state index in [9.17, 15) is 4.39 Å². The van der Waals surface area contributed by atoms with Crippen LogP contribution in [0.3, 0.4) is 0 Å². The van der Waals surface area contributed by atoms with Crippen LogP contribution in [0.4, 0.5) is 4.39 Å². The van der Waals surface area contributed by atoms with E-state index in [1.165, 1.54) is 23.7 Å². The number of hydrogen-bond acceptors (Lipinski definition) is 2. The van der Waals surface area contributed by atoms with Crippen LogP contribution >= 0.6 is 23.1 Å². The fraction of sp³-hybridized carbons (Fsp3) is 0. The van der Waals surface area contributed by atoms with E-state index < -0.39 is 0 Å². The van der Waals surface area contributed by atoms with Gasteiger partial charge >= 0.3 is 0 Å². The van der Waals surface area contributed by atoms with E-state index in [-0.39, 0.29) is 5.82 Å². The highest BCUT2D eigenvalue weighted by molar-refractivity contribution is 7.04. The molecule has 1 nitrogen and oxygen atoms in total. The summed E-state index contributed by atoms with van der Waals surface area (Å²) < 4.78 is 16.7. The summed E-state index contributed by atoms with van der Waals surface area (Å²) in [4.78, 5) is 0. The average Bonchev–Trinajstić information content (AvgIpc) is 2.53. The molecule has 1 heterocycles. The Morgan fingerprint density at radius 2 is 1.92 bits per heavy atom. The quantitative estimate of drug-likeness (QED) is 0.705. The van der Waals surface area contributed by atoms with E-state index >= 15 is 0 Å². The Morgan fingerprint density at radius 3 is 2.46 bits per heavy atom. The van der Waals surface area contributed by atoms with Crippen LogP contribution in [0.1, 0.15) is 0 Å². The van der Waals surface area contributed by atoms with Gasteiger partial charge in [0.1, 0.15) is 11.5 Å². The number of rotatable bonds is 1. The predicted molar refractivity (Wildman–Crippen MR) is 52.5 cm³/mol. The molecule has 1 aromatic carbocycles. The summed E-state index contributed by atoms with van der Waals surface area (Å²) in [6, 6.07) is 6.11. The summed E-state index contributed by atoms with van der Waals surface area (Å²) in [7, 11) is 0. The van der Waals surface area contributed by atoms with Crippen LogP contribution in [0.5, 0.6) is 0 Å². The zero-order valence-corrected chi connectivity index (χ0v) is 8.07. The van der Waals surface area contributed by atoms with Gasteiger partial charge in [-0.2, -0.15) is 4.37 Å². The maximum Gasteiger partial charge on any atom is 0.123 e. The summed E-state index contributed by atoms with van der Waals surface area (Å²) in [5, 5.41) is 2.36. The van der Waals surface area contributed by atoms with Crippen LogP contribution in [0.25, 0.3) is 11.3 Å². The largest absolute Gasteiger partial charge is 0.207 e. The van der Waals surface area contributed by atoms with Crippen LogP contribution in [0, 0.1) is 5.82 Å². The third-order valence-corrected chi connectivity index (χ3v) is 2.69. The van der Waals surface area contributed by atoms with E-state index in [1.807, 2.05) is 0 Å². The van der Waals surface area contributed by atoms with Crippen LogP contribution < -0.4 is 0 Å². The summed E-state index contributed by atoms with van der Waals surface area (Å²) >= 11 is 7.16. The topological polar surface area (TPSA) is 12.9 Å². The minimum Gasteiger partial charge on any atom is -0.207 e. The highest BCUT2D eigenvalue weighted by atomic mass is 35.5. The molecule has 0 N–H and O–H groups in total. The molecule has 0 unspecified atom stereocenters. The first-order valence-corrected chi connectivity index (χ1v) is 4.84. The van der Waals surface area contributed by atoms with Gasteiger partial charge in [-0.25, -0.2) is 4.39 Å². The normalized spacial score (nSPS) is 10.3. The van der Waals surface area contributed by atoms with Gasteiger partial charge in [-0.3, -0.25) is 0 Å². The molecular weight excluding hydrogens is 209 g/mol. The highest BCUT2D eigenvalue weighted by Crippen LogP contribution is 2.27. The Balaban J connectivity index is 2.47. The minimum absolute atomic E-state index is 0.255. The molecule has 4 heteroatoms. The molecule has 0 aliphatic heterocycles. The van der Waals surface area contributed by atoms with Gasteiger partial charge in [0.25, 0.3) is 0 Å². The Kier molecular flexibility index (Phi) is 2.29. The second-order valence-electron chi connectivity index (χ2n) is 2.52. The molecular formula is C9H5ClFNS. The summed E-state index contributed by atoms with van der Waals surface area (Å²) in [6.45, 7) is 0. The van der Waals surface area contributed by atoms with Crippen molar-refractivity contribution in [2.45, 2.75) is 0 Å². The van der Waals surface area contributed by atoms with Crippen molar-refractivity contribution >= 4 is 23.1 Å². The van der Waals surface area contributed by atoms with Crippen LogP contribution in [0.15, 0.2) is 29.6 Å². The molecule has 2 rings (SSSR count). The van der Waals surface area contributed by atoms with Crippen LogP contribution in [-0.2, 0) is 0 Å². The molecule has 0 aliphatic rings. The molecule has 66 valence electrons. The molecule has 0 aliphatic carbocycles. The van der Waals surface area contributed by atoms with E-state index in [4.69, 9.17) is 11.6 Å². The van der Waals surface area contributed by atoms with Crippen LogP contribution in [0.2, 0.25) is 5.02 Å². The van der Waals surface area contributed by atoms with Crippen molar-refractivity contribution < 1.29 is 4.39 Å². The first-order chi connectivity index (χ1) is 6.27.